The summed E-state index contributed by atoms with van der Waals surface area (Å²) in [4.78, 5) is 37.4. The average Bonchev–Trinajstić information content (AvgIpc) is 2.91. The number of hydrogen-bond donors (Lipinski definition) is 1. The molecule has 0 amide bonds. The summed E-state index contributed by atoms with van der Waals surface area (Å²) < 4.78 is 23.0. The quantitative estimate of drug-likeness (QED) is 0.685. The molecule has 0 heterocycles. The molecule has 0 bridgehead atoms. The van der Waals surface area contributed by atoms with Crippen molar-refractivity contribution in [3.63, 3.8) is 0 Å². The number of carbonyl (C=O) groups is 3. The standard InChI is InChI=1S/C25H33FO5/c1-6-21(30)31-25(15(3)27)14(2)11-19-18-8-7-16-12-17(28)9-10-22(16,4)24(18,26)20(29)13-23(19,25)5/h9-10,12,14,18-20,29H,6-8,11,13H2,1-5H3/t14?,18-,19-,20?,22-,23-,24-,25-/m0/s1. The lowest BCUT2D eigenvalue weighted by atomic mass is 9.44. The van der Waals surface area contributed by atoms with E-state index in [4.69, 9.17) is 4.74 Å². The van der Waals surface area contributed by atoms with Crippen LogP contribution in [-0.2, 0) is 19.1 Å². The van der Waals surface area contributed by atoms with E-state index in [-0.39, 0.29) is 36.2 Å². The van der Waals surface area contributed by atoms with E-state index in [0.29, 0.717) is 19.3 Å². The largest absolute Gasteiger partial charge is 0.450 e. The topological polar surface area (TPSA) is 80.7 Å². The van der Waals surface area contributed by atoms with Gasteiger partial charge in [0.25, 0.3) is 0 Å². The molecule has 31 heavy (non-hydrogen) atoms. The van der Waals surface area contributed by atoms with Crippen LogP contribution in [0.4, 0.5) is 4.39 Å². The van der Waals surface area contributed by atoms with Crippen LogP contribution < -0.4 is 0 Å². The zero-order valence-corrected chi connectivity index (χ0v) is 19.0. The second-order valence-electron chi connectivity index (χ2n) is 10.5. The Labute approximate surface area is 183 Å². The highest BCUT2D eigenvalue weighted by Crippen LogP contribution is 2.71. The van der Waals surface area contributed by atoms with Crippen molar-refractivity contribution in [2.45, 2.75) is 84.1 Å². The zero-order chi connectivity index (χ0) is 23.0. The normalized spacial score (nSPS) is 48.4. The highest BCUT2D eigenvalue weighted by molar-refractivity contribution is 6.01. The lowest BCUT2D eigenvalue weighted by molar-refractivity contribution is -0.227. The number of allylic oxidation sites excluding steroid dienone is 4. The summed E-state index contributed by atoms with van der Waals surface area (Å²) in [5.74, 6) is -1.86. The van der Waals surface area contributed by atoms with E-state index >= 15 is 4.39 Å². The lowest BCUT2D eigenvalue weighted by Crippen LogP contribution is -2.69. The molecule has 8 atom stereocenters. The van der Waals surface area contributed by atoms with Crippen LogP contribution in [0.25, 0.3) is 0 Å². The second kappa shape index (κ2) is 6.84. The third-order valence-electron chi connectivity index (χ3n) is 9.27. The van der Waals surface area contributed by atoms with Gasteiger partial charge in [-0.1, -0.05) is 32.4 Å². The third kappa shape index (κ3) is 2.54. The predicted octanol–water partition coefficient (Wildman–Crippen LogP) is 3.88. The molecular formula is C25H33FO5. The number of ketones is 2. The Morgan fingerprint density at radius 1 is 1.29 bits per heavy atom. The maximum Gasteiger partial charge on any atom is 0.306 e. The van der Waals surface area contributed by atoms with E-state index in [2.05, 4.69) is 0 Å². The smallest absolute Gasteiger partial charge is 0.306 e. The summed E-state index contributed by atoms with van der Waals surface area (Å²) in [6.07, 6.45) is 4.95. The van der Waals surface area contributed by atoms with Crippen molar-refractivity contribution < 1.29 is 28.6 Å². The SMILES string of the molecule is CCC(=O)O[C@]1(C(C)=O)C(C)C[C@H]2[C@@H]3CCC4=CC(=O)C=C[C@]4(C)[C@@]3(F)C(O)C[C@@]21C. The van der Waals surface area contributed by atoms with Crippen LogP contribution in [0.1, 0.15) is 66.7 Å². The Kier molecular flexibility index (Phi) is 4.94. The summed E-state index contributed by atoms with van der Waals surface area (Å²) in [5.41, 5.74) is -4.55. The fraction of sp³-hybridized carbons (Fsp3) is 0.720. The molecule has 4 aliphatic carbocycles. The van der Waals surface area contributed by atoms with Crippen molar-refractivity contribution in [2.75, 3.05) is 0 Å². The molecule has 5 nitrogen and oxygen atoms in total. The Hall–Kier alpha value is -1.82. The van der Waals surface area contributed by atoms with E-state index in [1.54, 1.807) is 19.9 Å². The van der Waals surface area contributed by atoms with Crippen molar-refractivity contribution in [2.24, 2.45) is 28.6 Å². The molecule has 0 aromatic carbocycles. The van der Waals surface area contributed by atoms with Crippen molar-refractivity contribution in [3.8, 4) is 0 Å². The number of ether oxygens (including phenoxy) is 1. The monoisotopic (exact) mass is 432 g/mol. The fourth-order valence-corrected chi connectivity index (χ4v) is 7.82. The summed E-state index contributed by atoms with van der Waals surface area (Å²) in [6.45, 7) is 8.69. The molecule has 0 spiro atoms. The van der Waals surface area contributed by atoms with Crippen LogP contribution >= 0.6 is 0 Å². The van der Waals surface area contributed by atoms with Gasteiger partial charge in [-0.25, -0.2) is 4.39 Å². The Balaban J connectivity index is 1.84. The maximum atomic E-state index is 17.1. The number of aliphatic hydroxyl groups excluding tert-OH is 1. The van der Waals surface area contributed by atoms with Crippen LogP contribution in [-0.4, -0.2) is 40.0 Å². The molecule has 0 radical (unpaired) electrons. The highest BCUT2D eigenvalue weighted by atomic mass is 19.1. The number of alkyl halides is 1. The Morgan fingerprint density at radius 2 is 1.97 bits per heavy atom. The first-order valence-corrected chi connectivity index (χ1v) is 11.4. The van der Waals surface area contributed by atoms with Gasteiger partial charge in [-0.15, -0.1) is 0 Å². The number of Topliss-reactive ketones (excluding diaryl/α,β-unsaturated/α-hetero) is 1. The Morgan fingerprint density at radius 3 is 2.58 bits per heavy atom. The van der Waals surface area contributed by atoms with Gasteiger partial charge in [-0.3, -0.25) is 14.4 Å². The number of esters is 1. The molecule has 2 unspecified atom stereocenters. The van der Waals surface area contributed by atoms with E-state index in [1.807, 2.05) is 13.8 Å². The van der Waals surface area contributed by atoms with Crippen molar-refractivity contribution >= 4 is 17.5 Å². The van der Waals surface area contributed by atoms with E-state index in [1.165, 1.54) is 19.1 Å². The molecule has 3 saturated carbocycles. The van der Waals surface area contributed by atoms with Gasteiger partial charge in [0.2, 0.25) is 0 Å². The minimum Gasteiger partial charge on any atom is -0.450 e. The van der Waals surface area contributed by atoms with Gasteiger partial charge >= 0.3 is 5.97 Å². The van der Waals surface area contributed by atoms with Gasteiger partial charge in [-0.05, 0) is 57.6 Å². The molecular weight excluding hydrogens is 399 g/mol. The number of aliphatic hydroxyl groups is 1. The van der Waals surface area contributed by atoms with Crippen LogP contribution in [0.15, 0.2) is 23.8 Å². The van der Waals surface area contributed by atoms with Crippen LogP contribution in [0.5, 0.6) is 0 Å². The third-order valence-corrected chi connectivity index (χ3v) is 9.27. The maximum absolute atomic E-state index is 17.1. The minimum absolute atomic E-state index is 0.0240. The van der Waals surface area contributed by atoms with Gasteiger partial charge in [-0.2, -0.15) is 0 Å². The van der Waals surface area contributed by atoms with Crippen molar-refractivity contribution in [1.29, 1.82) is 0 Å². The fourth-order valence-electron chi connectivity index (χ4n) is 7.82. The number of hydrogen-bond acceptors (Lipinski definition) is 5. The molecule has 0 aliphatic heterocycles. The van der Waals surface area contributed by atoms with Crippen LogP contribution in [0.3, 0.4) is 0 Å². The average molecular weight is 433 g/mol. The van der Waals surface area contributed by atoms with E-state index < -0.39 is 40.1 Å². The summed E-state index contributed by atoms with van der Waals surface area (Å²) in [6, 6.07) is 0. The van der Waals surface area contributed by atoms with Crippen molar-refractivity contribution in [1.82, 2.24) is 0 Å². The highest BCUT2D eigenvalue weighted by Gasteiger charge is 2.76. The van der Waals surface area contributed by atoms with Gasteiger partial charge in [0.1, 0.15) is 0 Å². The molecule has 4 aliphatic rings. The van der Waals surface area contributed by atoms with E-state index in [0.717, 1.165) is 5.57 Å². The molecule has 0 aromatic heterocycles. The number of halogens is 1. The number of fused-ring (bicyclic) bond motifs is 5. The van der Waals surface area contributed by atoms with Crippen LogP contribution in [0, 0.1) is 28.6 Å². The molecule has 4 rings (SSSR count). The second-order valence-corrected chi connectivity index (χ2v) is 10.5. The first-order chi connectivity index (χ1) is 14.4. The van der Waals surface area contributed by atoms with Gasteiger partial charge in [0.15, 0.2) is 22.8 Å². The Bertz CT molecular complexity index is 908. The summed E-state index contributed by atoms with van der Waals surface area (Å²) in [5, 5.41) is 11.4. The van der Waals surface area contributed by atoms with Crippen LogP contribution in [0.2, 0.25) is 0 Å². The summed E-state index contributed by atoms with van der Waals surface area (Å²) in [7, 11) is 0. The number of rotatable bonds is 3. The van der Waals surface area contributed by atoms with Gasteiger partial charge < -0.3 is 9.84 Å². The molecule has 170 valence electrons. The number of carbonyl (C=O) groups excluding carboxylic acids is 3. The van der Waals surface area contributed by atoms with Gasteiger partial charge in [0, 0.05) is 29.1 Å². The predicted molar refractivity (Wildman–Crippen MR) is 113 cm³/mol. The first-order valence-electron chi connectivity index (χ1n) is 11.4. The first kappa shape index (κ1) is 22.4. The molecule has 3 fully saturated rings. The van der Waals surface area contributed by atoms with Crippen molar-refractivity contribution in [3.05, 3.63) is 23.8 Å². The van der Waals surface area contributed by atoms with E-state index in [9.17, 15) is 19.5 Å². The lowest BCUT2D eigenvalue weighted by Gasteiger charge is -2.62. The molecule has 1 N–H and O–H groups in total. The molecule has 0 aromatic rings. The van der Waals surface area contributed by atoms with Gasteiger partial charge in [0.05, 0.1) is 6.10 Å². The minimum atomic E-state index is -1.96. The molecule has 0 saturated heterocycles. The summed E-state index contributed by atoms with van der Waals surface area (Å²) >= 11 is 0. The molecule has 6 heteroatoms. The zero-order valence-electron chi connectivity index (χ0n) is 19.0.